The van der Waals surface area contributed by atoms with E-state index in [1.54, 1.807) is 24.5 Å². The fraction of sp³-hybridized carbons (Fsp3) is 0.236. The molecule has 13 rings (SSSR count). The molecule has 14 nitrogen and oxygen atoms in total. The average Bonchev–Trinajstić information content (AvgIpc) is 4.28. The van der Waals surface area contributed by atoms with Crippen molar-refractivity contribution < 1.29 is 13.2 Å². The minimum Gasteiger partial charge on any atom is -0.420 e. The van der Waals surface area contributed by atoms with E-state index in [2.05, 4.69) is 90.9 Å². The van der Waals surface area contributed by atoms with Crippen molar-refractivity contribution in [2.75, 3.05) is 26.2 Å². The fourth-order valence-electron chi connectivity index (χ4n) is 10.1. The zero-order chi connectivity index (χ0) is 50.3. The molecule has 74 heavy (non-hydrogen) atoms. The van der Waals surface area contributed by atoms with E-state index < -0.39 is 0 Å². The third-order valence-electron chi connectivity index (χ3n) is 13.8. The Kier molecular flexibility index (Phi) is 13.5. The second-order valence-electron chi connectivity index (χ2n) is 18.9. The Morgan fingerprint density at radius 3 is 1.77 bits per heavy atom. The molecule has 0 spiro atoms. The van der Waals surface area contributed by atoms with Gasteiger partial charge in [0.25, 0.3) is 0 Å². The highest BCUT2D eigenvalue weighted by Crippen LogP contribution is 2.36. The summed E-state index contributed by atoms with van der Waals surface area (Å²) in [5.74, 6) is 2.28. The largest absolute Gasteiger partial charge is 0.420 e. The molecule has 372 valence electrons. The molecule has 0 unspecified atom stereocenters. The molecule has 11 aromatic rings. The molecule has 9 heterocycles. The first-order valence-corrected chi connectivity index (χ1v) is 26.3. The smallest absolute Gasteiger partial charge is 0.247 e. The standard InChI is InChI=1S/C28H23ClN6OS.C27H23Cl2FN6O/c29-25-14-18(9-10-30-25)26-22-13-19(7-8-23(22)31-32-26)27-33-34-28(36-27)20-5-3-11-35(15-20)16-21-12-17-4-1-2-6-24(17)37-21;1-15-9-21(28)22(30)11-19(15)14-36-8-2-3-18(13-36)27-35-34-26(37-27)17-4-5-23-20(10-17)25(33-32-23)16-6-7-31-24(29)12-16/h1-2,4,6-10,12-14,20H,3,5,11,15-16H2,(H,31,32);4-7,9-12,18H,2-3,8,13-14H2,1H3,(H,32,33)/t20-;18-/m11/s1. The lowest BCUT2D eigenvalue weighted by atomic mass is 9.97. The van der Waals surface area contributed by atoms with Crippen LogP contribution in [0, 0.1) is 12.7 Å². The van der Waals surface area contributed by atoms with E-state index in [4.69, 9.17) is 43.6 Å². The molecule has 19 heteroatoms. The summed E-state index contributed by atoms with van der Waals surface area (Å²) < 4.78 is 27.8. The van der Waals surface area contributed by atoms with Gasteiger partial charge in [-0.15, -0.1) is 31.7 Å². The number of hydrogen-bond donors (Lipinski definition) is 2. The lowest BCUT2D eigenvalue weighted by molar-refractivity contribution is 0.186. The number of pyridine rings is 2. The van der Waals surface area contributed by atoms with Gasteiger partial charge in [-0.3, -0.25) is 20.0 Å². The van der Waals surface area contributed by atoms with Crippen LogP contribution in [0.1, 0.15) is 65.3 Å². The minimum absolute atomic E-state index is 0.111. The first kappa shape index (κ1) is 48.0. The Labute approximate surface area is 442 Å². The van der Waals surface area contributed by atoms with Gasteiger partial charge in [0.1, 0.15) is 27.5 Å². The Balaban J connectivity index is 0.000000150. The molecule has 0 saturated carbocycles. The lowest BCUT2D eigenvalue weighted by Gasteiger charge is -2.31. The summed E-state index contributed by atoms with van der Waals surface area (Å²) in [6.07, 6.45) is 7.46. The lowest BCUT2D eigenvalue weighted by Crippen LogP contribution is -2.34. The van der Waals surface area contributed by atoms with E-state index in [9.17, 15) is 4.39 Å². The molecule has 0 aliphatic carbocycles. The van der Waals surface area contributed by atoms with Crippen molar-refractivity contribution in [3.05, 3.63) is 164 Å². The SMILES string of the molecule is Cc1cc(Cl)c(F)cc1CN1CCC[C@@H](c2nnc(-c3ccc4[nH]nc(-c5ccnc(Cl)c5)c4c3)o2)C1.Clc1cc(-c2n[nH]c3ccc(-c4nnc([C@@H]5CCCN(Cc6cc7ccccc7s6)C5)o4)cc23)ccn1. The molecule has 2 fully saturated rings. The zero-order valence-electron chi connectivity index (χ0n) is 39.9. The topological polar surface area (TPSA) is 167 Å². The summed E-state index contributed by atoms with van der Waals surface area (Å²) >= 11 is 20.0. The maximum Gasteiger partial charge on any atom is 0.247 e. The van der Waals surface area contributed by atoms with Gasteiger partial charge in [0.05, 0.1) is 27.9 Å². The van der Waals surface area contributed by atoms with Gasteiger partial charge >= 0.3 is 0 Å². The Hall–Kier alpha value is -6.92. The van der Waals surface area contributed by atoms with Gasteiger partial charge in [-0.25, -0.2) is 14.4 Å². The first-order chi connectivity index (χ1) is 36.1. The summed E-state index contributed by atoms with van der Waals surface area (Å²) in [4.78, 5) is 14.3. The van der Waals surface area contributed by atoms with Crippen LogP contribution < -0.4 is 0 Å². The van der Waals surface area contributed by atoms with Crippen molar-refractivity contribution in [2.24, 2.45) is 0 Å². The summed E-state index contributed by atoms with van der Waals surface area (Å²) in [6.45, 7) is 7.26. The molecular formula is C55H46Cl3FN12O2S. The number of likely N-dealkylation sites (tertiary alicyclic amines) is 2. The monoisotopic (exact) mass is 1060 g/mol. The second-order valence-corrected chi connectivity index (χ2v) is 21.2. The van der Waals surface area contributed by atoms with E-state index in [1.165, 1.54) is 21.0 Å². The van der Waals surface area contributed by atoms with Crippen LogP contribution in [0.5, 0.6) is 0 Å². The third-order valence-corrected chi connectivity index (χ3v) is 15.6. The number of rotatable bonds is 10. The number of thiophene rings is 1. The minimum atomic E-state index is -0.387. The number of nitrogens with one attached hydrogen (secondary N) is 2. The van der Waals surface area contributed by atoms with Gasteiger partial charge in [0, 0.05) is 81.2 Å². The van der Waals surface area contributed by atoms with Crippen LogP contribution in [0.2, 0.25) is 15.3 Å². The fourth-order valence-corrected chi connectivity index (χ4v) is 11.8. The number of aromatic amines is 2. The predicted molar refractivity (Wildman–Crippen MR) is 288 cm³/mol. The van der Waals surface area contributed by atoms with Crippen molar-refractivity contribution in [3.63, 3.8) is 0 Å². The third kappa shape index (κ3) is 10.2. The van der Waals surface area contributed by atoms with Crippen LogP contribution in [-0.2, 0) is 13.1 Å². The summed E-state index contributed by atoms with van der Waals surface area (Å²) in [7, 11) is 0. The van der Waals surface area contributed by atoms with E-state index in [-0.39, 0.29) is 22.7 Å². The Morgan fingerprint density at radius 1 is 0.635 bits per heavy atom. The molecule has 2 aliphatic heterocycles. The second kappa shape index (κ2) is 20.8. The number of H-pyrrole nitrogens is 2. The van der Waals surface area contributed by atoms with Gasteiger partial charge in [-0.1, -0.05) is 53.0 Å². The van der Waals surface area contributed by atoms with Crippen molar-refractivity contribution in [2.45, 2.75) is 57.5 Å². The normalized spacial score (nSPS) is 16.6. The highest BCUT2D eigenvalue weighted by Gasteiger charge is 2.29. The molecule has 2 saturated heterocycles. The van der Waals surface area contributed by atoms with E-state index in [0.29, 0.717) is 40.4 Å². The van der Waals surface area contributed by atoms with Crippen molar-refractivity contribution >= 4 is 78.0 Å². The molecule has 0 amide bonds. The highest BCUT2D eigenvalue weighted by molar-refractivity contribution is 7.19. The molecular weight excluding hydrogens is 1020 g/mol. The van der Waals surface area contributed by atoms with Crippen LogP contribution in [0.25, 0.3) is 77.3 Å². The predicted octanol–water partition coefficient (Wildman–Crippen LogP) is 13.7. The Bertz CT molecular complexity index is 3780. The van der Waals surface area contributed by atoms with Crippen LogP contribution in [0.4, 0.5) is 4.39 Å². The van der Waals surface area contributed by atoms with E-state index >= 15 is 0 Å². The van der Waals surface area contributed by atoms with Crippen molar-refractivity contribution in [1.82, 2.24) is 60.6 Å². The number of halogens is 4. The number of fused-ring (bicyclic) bond motifs is 3. The number of piperidine rings is 2. The Morgan fingerprint density at radius 2 is 1.20 bits per heavy atom. The summed E-state index contributed by atoms with van der Waals surface area (Å²) in [5, 5.41) is 36.9. The van der Waals surface area contributed by atoms with Crippen molar-refractivity contribution in [3.8, 4) is 45.4 Å². The van der Waals surface area contributed by atoms with E-state index in [1.807, 2.05) is 72.9 Å². The van der Waals surface area contributed by atoms with Crippen LogP contribution in [0.3, 0.4) is 0 Å². The maximum atomic E-state index is 14.0. The van der Waals surface area contributed by atoms with Gasteiger partial charge in [-0.05, 0) is 147 Å². The van der Waals surface area contributed by atoms with Crippen molar-refractivity contribution in [1.29, 1.82) is 0 Å². The van der Waals surface area contributed by atoms with Gasteiger partial charge < -0.3 is 8.83 Å². The quantitative estimate of drug-likeness (QED) is 0.125. The molecule has 2 atom stereocenters. The van der Waals surface area contributed by atoms with E-state index in [0.717, 1.165) is 125 Å². The summed E-state index contributed by atoms with van der Waals surface area (Å²) in [5.41, 5.74) is 8.77. The number of benzene rings is 4. The van der Waals surface area contributed by atoms with Gasteiger partial charge in [-0.2, -0.15) is 10.2 Å². The number of aryl methyl sites for hydroxylation is 1. The maximum absolute atomic E-state index is 14.0. The van der Waals surface area contributed by atoms with Crippen LogP contribution >= 0.6 is 46.1 Å². The molecule has 2 aliphatic rings. The average molecular weight is 1060 g/mol. The molecule has 0 radical (unpaired) electrons. The molecule has 0 bridgehead atoms. The number of nitrogens with zero attached hydrogens (tertiary/aromatic N) is 10. The molecule has 2 N–H and O–H groups in total. The molecule has 7 aromatic heterocycles. The zero-order valence-corrected chi connectivity index (χ0v) is 43.0. The molecule has 4 aromatic carbocycles. The number of hydrogen-bond acceptors (Lipinski definition) is 13. The van der Waals surface area contributed by atoms with Gasteiger partial charge in [0.2, 0.25) is 23.6 Å². The highest BCUT2D eigenvalue weighted by atomic mass is 35.5. The van der Waals surface area contributed by atoms with Crippen LogP contribution in [0.15, 0.2) is 124 Å². The van der Waals surface area contributed by atoms with Gasteiger partial charge in [0.15, 0.2) is 0 Å². The summed E-state index contributed by atoms with van der Waals surface area (Å²) in [6, 6.07) is 33.3. The first-order valence-electron chi connectivity index (χ1n) is 24.4. The number of aromatic nitrogens is 10. The van der Waals surface area contributed by atoms with Crippen LogP contribution in [-0.4, -0.2) is 86.7 Å².